The van der Waals surface area contributed by atoms with Crippen LogP contribution in [0.1, 0.15) is 37.4 Å². The van der Waals surface area contributed by atoms with Crippen LogP contribution in [-0.4, -0.2) is 60.4 Å². The summed E-state index contributed by atoms with van der Waals surface area (Å²) in [6.45, 7) is 2.08. The minimum absolute atomic E-state index is 0.0865. The summed E-state index contributed by atoms with van der Waals surface area (Å²) >= 11 is 0. The highest BCUT2D eigenvalue weighted by Gasteiger charge is 2.53. The van der Waals surface area contributed by atoms with E-state index in [1.165, 1.54) is 19.1 Å². The summed E-state index contributed by atoms with van der Waals surface area (Å²) in [5, 5.41) is 4.81. The lowest BCUT2D eigenvalue weighted by atomic mass is 9.84. The maximum atomic E-state index is 13.8. The highest BCUT2D eigenvalue weighted by atomic mass is 19.4. The molecule has 10 nitrogen and oxygen atoms in total. The van der Waals surface area contributed by atoms with Gasteiger partial charge in [-0.05, 0) is 29.3 Å². The number of nitrogens with zero attached hydrogens (tertiary/aromatic N) is 1. The SMILES string of the molecule is CC(C(NC(=O)C[C@H](NC(=O)/C=C/c1ccc2c(c1)OCO2)c1ccccc1)C(=O)[C@@H]1C(=O)N(C)C(=O)[C@H]1C)C(F)(F)F. The second kappa shape index (κ2) is 12.7. The van der Waals surface area contributed by atoms with Crippen LogP contribution < -0.4 is 20.1 Å². The Morgan fingerprint density at radius 2 is 1.70 bits per heavy atom. The molecule has 2 heterocycles. The zero-order chi connectivity index (χ0) is 31.5. The van der Waals surface area contributed by atoms with Crippen LogP contribution in [0.2, 0.25) is 0 Å². The number of hydrogen-bond acceptors (Lipinski definition) is 7. The lowest BCUT2D eigenvalue weighted by molar-refractivity contribution is -0.182. The van der Waals surface area contributed by atoms with Crippen molar-refractivity contribution in [2.75, 3.05) is 13.8 Å². The van der Waals surface area contributed by atoms with Crippen LogP contribution in [0.25, 0.3) is 6.08 Å². The third kappa shape index (κ3) is 7.04. The average Bonchev–Trinajstić information content (AvgIpc) is 3.52. The van der Waals surface area contributed by atoms with Crippen molar-refractivity contribution >= 4 is 35.5 Å². The van der Waals surface area contributed by atoms with E-state index in [0.29, 0.717) is 27.5 Å². The summed E-state index contributed by atoms with van der Waals surface area (Å²) in [7, 11) is 1.14. The Labute approximate surface area is 245 Å². The van der Waals surface area contributed by atoms with Crippen molar-refractivity contribution in [1.29, 1.82) is 0 Å². The van der Waals surface area contributed by atoms with E-state index in [0.717, 1.165) is 14.0 Å². The predicted octanol–water partition coefficient (Wildman–Crippen LogP) is 3.18. The number of rotatable bonds is 10. The molecule has 0 spiro atoms. The molecule has 43 heavy (non-hydrogen) atoms. The molecule has 1 saturated heterocycles. The fourth-order valence-electron chi connectivity index (χ4n) is 4.94. The lowest BCUT2D eigenvalue weighted by Gasteiger charge is -2.29. The van der Waals surface area contributed by atoms with Crippen molar-refractivity contribution in [3.8, 4) is 11.5 Å². The van der Waals surface area contributed by atoms with Gasteiger partial charge in [0.05, 0.1) is 30.3 Å². The van der Waals surface area contributed by atoms with E-state index in [9.17, 15) is 37.1 Å². The van der Waals surface area contributed by atoms with Gasteiger partial charge in [0, 0.05) is 13.1 Å². The average molecular weight is 602 g/mol. The molecule has 0 aromatic heterocycles. The first-order chi connectivity index (χ1) is 20.3. The Hall–Kier alpha value is -4.68. The van der Waals surface area contributed by atoms with Gasteiger partial charge >= 0.3 is 6.18 Å². The smallest absolute Gasteiger partial charge is 0.393 e. The number of carbonyl (C=O) groups excluding carboxylic acids is 5. The standard InChI is InChI=1S/C30H30F3N3O7/c1-16-25(29(41)36(3)28(16)40)27(39)26(17(2)30(31,32)33)35-24(38)14-20(19-7-5-4-6-8-19)34-23(37)12-10-18-9-11-21-22(13-18)43-15-42-21/h4-13,16-17,20,25-26H,14-15H2,1-3H3,(H,34,37)(H,35,38)/b12-10+/t16-,17?,20-,25+,26?/m0/s1. The molecule has 0 radical (unpaired) electrons. The van der Waals surface area contributed by atoms with Crippen LogP contribution in [0, 0.1) is 17.8 Å². The third-order valence-corrected chi connectivity index (χ3v) is 7.49. The highest BCUT2D eigenvalue weighted by molar-refractivity contribution is 6.16. The minimum atomic E-state index is -4.90. The number of Topliss-reactive ketones (excluding diaryl/α,β-unsaturated/α-hetero) is 1. The van der Waals surface area contributed by atoms with Crippen LogP contribution in [0.15, 0.2) is 54.6 Å². The van der Waals surface area contributed by atoms with Gasteiger partial charge in [-0.1, -0.05) is 50.2 Å². The third-order valence-electron chi connectivity index (χ3n) is 7.49. The van der Waals surface area contributed by atoms with Crippen LogP contribution >= 0.6 is 0 Å². The molecule has 2 unspecified atom stereocenters. The molecule has 2 N–H and O–H groups in total. The summed E-state index contributed by atoms with van der Waals surface area (Å²) < 4.78 is 52.0. The number of carbonyl (C=O) groups is 5. The quantitative estimate of drug-likeness (QED) is 0.243. The van der Waals surface area contributed by atoms with Gasteiger partial charge in [0.25, 0.3) is 0 Å². The van der Waals surface area contributed by atoms with Crippen LogP contribution in [0.4, 0.5) is 13.2 Å². The van der Waals surface area contributed by atoms with Gasteiger partial charge < -0.3 is 20.1 Å². The zero-order valence-electron chi connectivity index (χ0n) is 23.5. The van der Waals surface area contributed by atoms with E-state index in [1.54, 1.807) is 48.5 Å². The number of hydrogen-bond donors (Lipinski definition) is 2. The van der Waals surface area contributed by atoms with Crippen molar-refractivity contribution in [2.45, 2.75) is 38.5 Å². The Kier molecular flexibility index (Phi) is 9.22. The topological polar surface area (TPSA) is 131 Å². The summed E-state index contributed by atoms with van der Waals surface area (Å²) in [6, 6.07) is 10.2. The lowest BCUT2D eigenvalue weighted by Crippen LogP contribution is -2.53. The highest BCUT2D eigenvalue weighted by Crippen LogP contribution is 2.34. The first kappa shape index (κ1) is 31.3. The number of halogens is 3. The predicted molar refractivity (Wildman–Crippen MR) is 146 cm³/mol. The van der Waals surface area contributed by atoms with E-state index in [2.05, 4.69) is 10.6 Å². The number of nitrogens with one attached hydrogen (secondary N) is 2. The monoisotopic (exact) mass is 601 g/mol. The van der Waals surface area contributed by atoms with Gasteiger partial charge in [-0.3, -0.25) is 28.9 Å². The van der Waals surface area contributed by atoms with E-state index in [-0.39, 0.29) is 6.79 Å². The van der Waals surface area contributed by atoms with Gasteiger partial charge in [-0.15, -0.1) is 0 Å². The number of likely N-dealkylation sites (tertiary alicyclic amines) is 1. The molecule has 2 aliphatic heterocycles. The van der Waals surface area contributed by atoms with Crippen LogP contribution in [0.5, 0.6) is 11.5 Å². The number of amides is 4. The van der Waals surface area contributed by atoms with Gasteiger partial charge in [0.1, 0.15) is 5.92 Å². The van der Waals surface area contributed by atoms with Crippen LogP contribution in [-0.2, 0) is 24.0 Å². The van der Waals surface area contributed by atoms with Crippen molar-refractivity contribution in [3.05, 3.63) is 65.7 Å². The van der Waals surface area contributed by atoms with Crippen molar-refractivity contribution in [2.24, 2.45) is 17.8 Å². The first-order valence-electron chi connectivity index (χ1n) is 13.4. The molecule has 2 aliphatic rings. The van der Waals surface area contributed by atoms with Crippen molar-refractivity contribution < 1.29 is 46.6 Å². The number of imide groups is 1. The zero-order valence-corrected chi connectivity index (χ0v) is 23.5. The van der Waals surface area contributed by atoms with E-state index < -0.39 is 71.8 Å². The van der Waals surface area contributed by atoms with Crippen molar-refractivity contribution in [3.63, 3.8) is 0 Å². The molecular formula is C30H30F3N3O7. The molecular weight excluding hydrogens is 571 g/mol. The Bertz CT molecular complexity index is 1440. The second-order valence-corrected chi connectivity index (χ2v) is 10.4. The molecule has 228 valence electrons. The number of fused-ring (bicyclic) bond motifs is 1. The molecule has 5 atom stereocenters. The summed E-state index contributed by atoms with van der Waals surface area (Å²) in [5.41, 5.74) is 1.12. The Balaban J connectivity index is 1.51. The number of benzene rings is 2. The number of alkyl halides is 3. The van der Waals surface area contributed by atoms with Crippen LogP contribution in [0.3, 0.4) is 0 Å². The van der Waals surface area contributed by atoms with E-state index in [1.807, 2.05) is 0 Å². The maximum Gasteiger partial charge on any atom is 0.393 e. The summed E-state index contributed by atoms with van der Waals surface area (Å²) in [4.78, 5) is 64.8. The molecule has 4 amide bonds. The fraction of sp³-hybridized carbons (Fsp3) is 0.367. The van der Waals surface area contributed by atoms with Gasteiger partial charge in [0.15, 0.2) is 17.3 Å². The Morgan fingerprint density at radius 3 is 2.33 bits per heavy atom. The molecule has 4 rings (SSSR count). The first-order valence-corrected chi connectivity index (χ1v) is 13.4. The van der Waals surface area contributed by atoms with Gasteiger partial charge in [0.2, 0.25) is 30.4 Å². The molecule has 13 heteroatoms. The van der Waals surface area contributed by atoms with E-state index in [4.69, 9.17) is 9.47 Å². The molecule has 0 saturated carbocycles. The minimum Gasteiger partial charge on any atom is -0.454 e. The molecule has 1 fully saturated rings. The number of ketones is 1. The summed E-state index contributed by atoms with van der Waals surface area (Å²) in [6.07, 6.45) is -2.68. The molecule has 0 aliphatic carbocycles. The van der Waals surface area contributed by atoms with Gasteiger partial charge in [-0.2, -0.15) is 13.2 Å². The Morgan fingerprint density at radius 1 is 1.02 bits per heavy atom. The molecule has 0 bridgehead atoms. The largest absolute Gasteiger partial charge is 0.454 e. The van der Waals surface area contributed by atoms with Crippen molar-refractivity contribution in [1.82, 2.24) is 15.5 Å². The maximum absolute atomic E-state index is 13.8. The second-order valence-electron chi connectivity index (χ2n) is 10.4. The van der Waals surface area contributed by atoms with Gasteiger partial charge in [-0.25, -0.2) is 0 Å². The fourth-order valence-corrected chi connectivity index (χ4v) is 4.94. The summed E-state index contributed by atoms with van der Waals surface area (Å²) in [5.74, 6) is -8.53. The number of ether oxygens (including phenoxy) is 2. The van der Waals surface area contributed by atoms with E-state index >= 15 is 0 Å². The molecule has 2 aromatic rings. The normalized spacial score (nSPS) is 20.2. The molecule has 2 aromatic carbocycles.